The molecule has 0 aliphatic heterocycles. The number of carbonyl (C=O) groups excluding carboxylic acids is 2. The molecule has 0 heterocycles. The summed E-state index contributed by atoms with van der Waals surface area (Å²) < 4.78 is 37.2. The first kappa shape index (κ1) is 14.0. The minimum absolute atomic E-state index is 0.182. The Hall–Kier alpha value is -2.05. The highest BCUT2D eigenvalue weighted by atomic mass is 19.4. The molecule has 1 atom stereocenters. The second-order valence-corrected chi connectivity index (χ2v) is 3.68. The molecule has 4 nitrogen and oxygen atoms in total. The lowest BCUT2D eigenvalue weighted by atomic mass is 10.1. The molecule has 98 valence electrons. The lowest BCUT2D eigenvalue weighted by Gasteiger charge is -2.11. The molecule has 0 aromatic heterocycles. The summed E-state index contributed by atoms with van der Waals surface area (Å²) >= 11 is 0. The number of nitrogens with two attached hydrogens (primary N) is 1. The Morgan fingerprint density at radius 3 is 2.44 bits per heavy atom. The molecular weight excluding hydrogens is 249 g/mol. The topological polar surface area (TPSA) is 72.2 Å². The number of carbonyl (C=O) groups is 2. The Morgan fingerprint density at radius 1 is 1.33 bits per heavy atom. The average molecular weight is 260 g/mol. The van der Waals surface area contributed by atoms with E-state index in [1.54, 1.807) is 0 Å². The summed E-state index contributed by atoms with van der Waals surface area (Å²) in [6.07, 6.45) is -4.52. The van der Waals surface area contributed by atoms with E-state index in [9.17, 15) is 22.8 Å². The van der Waals surface area contributed by atoms with E-state index in [0.717, 1.165) is 12.1 Å². The zero-order valence-electron chi connectivity index (χ0n) is 9.41. The maximum atomic E-state index is 12.4. The Kier molecular flexibility index (Phi) is 3.95. The van der Waals surface area contributed by atoms with E-state index in [4.69, 9.17) is 5.73 Å². The number of hydrogen-bond acceptors (Lipinski definition) is 2. The van der Waals surface area contributed by atoms with Gasteiger partial charge in [-0.3, -0.25) is 9.59 Å². The van der Waals surface area contributed by atoms with Gasteiger partial charge in [0.1, 0.15) is 6.04 Å². The van der Waals surface area contributed by atoms with Crippen molar-refractivity contribution in [1.29, 1.82) is 0 Å². The highest BCUT2D eigenvalue weighted by Crippen LogP contribution is 2.29. The van der Waals surface area contributed by atoms with Gasteiger partial charge in [0.15, 0.2) is 0 Å². The first-order chi connectivity index (χ1) is 8.21. The van der Waals surface area contributed by atoms with E-state index in [-0.39, 0.29) is 5.56 Å². The van der Waals surface area contributed by atoms with Crippen LogP contribution in [0.15, 0.2) is 24.3 Å². The summed E-state index contributed by atoms with van der Waals surface area (Å²) in [6, 6.07) is 2.95. The van der Waals surface area contributed by atoms with Crippen LogP contribution < -0.4 is 11.1 Å². The fourth-order valence-corrected chi connectivity index (χ4v) is 1.19. The lowest BCUT2D eigenvalue weighted by Crippen LogP contribution is -2.42. The molecule has 0 fully saturated rings. The molecule has 7 heteroatoms. The van der Waals surface area contributed by atoms with Gasteiger partial charge >= 0.3 is 6.18 Å². The van der Waals surface area contributed by atoms with Crippen LogP contribution in [0.3, 0.4) is 0 Å². The third kappa shape index (κ3) is 3.47. The number of nitrogens with one attached hydrogen (secondary N) is 1. The fourth-order valence-electron chi connectivity index (χ4n) is 1.19. The van der Waals surface area contributed by atoms with E-state index in [2.05, 4.69) is 5.32 Å². The van der Waals surface area contributed by atoms with E-state index in [1.807, 2.05) is 0 Å². The molecule has 0 aliphatic carbocycles. The van der Waals surface area contributed by atoms with Crippen molar-refractivity contribution in [2.24, 2.45) is 5.73 Å². The molecule has 1 aromatic rings. The molecule has 0 saturated carbocycles. The molecule has 0 spiro atoms. The number of rotatable bonds is 3. The minimum Gasteiger partial charge on any atom is -0.368 e. The first-order valence-corrected chi connectivity index (χ1v) is 4.99. The third-order valence-electron chi connectivity index (χ3n) is 2.23. The standard InChI is InChI=1S/C11H11F3N2O2/c1-6(9(15)17)16-10(18)7-3-2-4-8(5-7)11(12,13)14/h2-6H,1H3,(H2,15,17)(H,16,18)/t6-/m0/s1. The first-order valence-electron chi connectivity index (χ1n) is 4.99. The summed E-state index contributed by atoms with van der Waals surface area (Å²) in [5.41, 5.74) is 3.82. The average Bonchev–Trinajstić information content (AvgIpc) is 2.27. The van der Waals surface area contributed by atoms with Crippen molar-refractivity contribution in [1.82, 2.24) is 5.32 Å². The van der Waals surface area contributed by atoms with Crippen molar-refractivity contribution in [3.8, 4) is 0 Å². The van der Waals surface area contributed by atoms with Crippen LogP contribution in [-0.2, 0) is 11.0 Å². The fraction of sp³-hybridized carbons (Fsp3) is 0.273. The van der Waals surface area contributed by atoms with Crippen molar-refractivity contribution in [2.75, 3.05) is 0 Å². The van der Waals surface area contributed by atoms with Gasteiger partial charge in [-0.05, 0) is 25.1 Å². The molecule has 3 N–H and O–H groups in total. The normalized spacial score (nSPS) is 12.9. The Labute approximate surface area is 101 Å². The molecule has 0 aliphatic rings. The van der Waals surface area contributed by atoms with Crippen LogP contribution in [-0.4, -0.2) is 17.9 Å². The molecule has 1 rings (SSSR count). The lowest BCUT2D eigenvalue weighted by molar-refractivity contribution is -0.137. The van der Waals surface area contributed by atoms with Gasteiger partial charge in [0.05, 0.1) is 5.56 Å². The van der Waals surface area contributed by atoms with Crippen molar-refractivity contribution in [3.63, 3.8) is 0 Å². The zero-order valence-corrected chi connectivity index (χ0v) is 9.41. The molecule has 2 amide bonds. The quantitative estimate of drug-likeness (QED) is 0.860. The number of alkyl halides is 3. The molecular formula is C11H11F3N2O2. The summed E-state index contributed by atoms with van der Waals surface area (Å²) in [6.45, 7) is 1.34. The minimum atomic E-state index is -4.52. The predicted molar refractivity (Wildman–Crippen MR) is 57.6 cm³/mol. The highest BCUT2D eigenvalue weighted by molar-refractivity contribution is 5.97. The van der Waals surface area contributed by atoms with Crippen LogP contribution in [0.25, 0.3) is 0 Å². The summed E-state index contributed by atoms with van der Waals surface area (Å²) in [7, 11) is 0. The largest absolute Gasteiger partial charge is 0.416 e. The summed E-state index contributed by atoms with van der Waals surface area (Å²) in [5.74, 6) is -1.55. The molecule has 1 aromatic carbocycles. The van der Waals surface area contributed by atoms with Crippen LogP contribution in [0.1, 0.15) is 22.8 Å². The molecule has 0 bridgehead atoms. The van der Waals surface area contributed by atoms with Crippen LogP contribution >= 0.6 is 0 Å². The van der Waals surface area contributed by atoms with Gasteiger partial charge in [0.25, 0.3) is 5.91 Å². The van der Waals surface area contributed by atoms with Gasteiger partial charge in [-0.25, -0.2) is 0 Å². The van der Waals surface area contributed by atoms with Gasteiger partial charge < -0.3 is 11.1 Å². The van der Waals surface area contributed by atoms with Crippen molar-refractivity contribution >= 4 is 11.8 Å². The van der Waals surface area contributed by atoms with Crippen LogP contribution in [0, 0.1) is 0 Å². The second-order valence-electron chi connectivity index (χ2n) is 3.68. The van der Waals surface area contributed by atoms with E-state index < -0.39 is 29.6 Å². The van der Waals surface area contributed by atoms with Crippen molar-refractivity contribution in [2.45, 2.75) is 19.1 Å². The Balaban J connectivity index is 2.91. The second kappa shape index (κ2) is 5.07. The van der Waals surface area contributed by atoms with Gasteiger partial charge in [-0.2, -0.15) is 13.2 Å². The maximum Gasteiger partial charge on any atom is 0.416 e. The van der Waals surface area contributed by atoms with Gasteiger partial charge in [-0.1, -0.05) is 6.07 Å². The smallest absolute Gasteiger partial charge is 0.368 e. The third-order valence-corrected chi connectivity index (χ3v) is 2.23. The maximum absolute atomic E-state index is 12.4. The Bertz CT molecular complexity index is 472. The van der Waals surface area contributed by atoms with Crippen LogP contribution in [0.4, 0.5) is 13.2 Å². The molecule has 0 unspecified atom stereocenters. The summed E-state index contributed by atoms with van der Waals surface area (Å²) in [5, 5.41) is 2.19. The monoisotopic (exact) mass is 260 g/mol. The van der Waals surface area contributed by atoms with Gasteiger partial charge in [0.2, 0.25) is 5.91 Å². The molecule has 18 heavy (non-hydrogen) atoms. The molecule has 0 saturated heterocycles. The number of halogens is 3. The number of hydrogen-bond donors (Lipinski definition) is 2. The van der Waals surface area contributed by atoms with Crippen LogP contribution in [0.5, 0.6) is 0 Å². The number of benzene rings is 1. The molecule has 0 radical (unpaired) electrons. The van der Waals surface area contributed by atoms with Crippen molar-refractivity contribution < 1.29 is 22.8 Å². The Morgan fingerprint density at radius 2 is 1.94 bits per heavy atom. The van der Waals surface area contributed by atoms with E-state index in [1.165, 1.54) is 13.0 Å². The van der Waals surface area contributed by atoms with Gasteiger partial charge in [0, 0.05) is 5.56 Å². The SMILES string of the molecule is C[C@H](NC(=O)c1cccc(C(F)(F)F)c1)C(N)=O. The summed E-state index contributed by atoms with van der Waals surface area (Å²) in [4.78, 5) is 22.3. The van der Waals surface area contributed by atoms with Gasteiger partial charge in [-0.15, -0.1) is 0 Å². The van der Waals surface area contributed by atoms with E-state index >= 15 is 0 Å². The van der Waals surface area contributed by atoms with Crippen LogP contribution in [0.2, 0.25) is 0 Å². The van der Waals surface area contributed by atoms with Crippen molar-refractivity contribution in [3.05, 3.63) is 35.4 Å². The number of primary amides is 1. The van der Waals surface area contributed by atoms with E-state index in [0.29, 0.717) is 6.07 Å². The zero-order chi connectivity index (χ0) is 13.9. The highest BCUT2D eigenvalue weighted by Gasteiger charge is 2.31. The predicted octanol–water partition coefficient (Wildman–Crippen LogP) is 1.31. The number of amides is 2.